The largest absolute Gasteiger partial charge is 0.326 e. The van der Waals surface area contributed by atoms with Crippen LogP contribution in [0.2, 0.25) is 0 Å². The van der Waals surface area contributed by atoms with Crippen LogP contribution in [0.3, 0.4) is 0 Å². The van der Waals surface area contributed by atoms with E-state index in [0.717, 1.165) is 6.42 Å². The summed E-state index contributed by atoms with van der Waals surface area (Å²) in [5.41, 5.74) is 0. The molecule has 0 fully saturated rings. The van der Waals surface area contributed by atoms with Crippen LogP contribution in [0.25, 0.3) is 0 Å². The Bertz CT molecular complexity index is 131. The van der Waals surface area contributed by atoms with Gasteiger partial charge in [-0.3, -0.25) is 0 Å². The van der Waals surface area contributed by atoms with E-state index >= 15 is 0 Å². The SMILES string of the molecule is C=CCC[N+](C)(CC)CCCCC. The molecule has 1 heteroatoms. The van der Waals surface area contributed by atoms with Gasteiger partial charge < -0.3 is 4.48 Å². The standard InChI is InChI=1S/C12H26N/c1-5-8-10-12-13(4,7-3)11-9-6-2/h6H,2,5,7-12H2,1,3-4H3/q+1. The summed E-state index contributed by atoms with van der Waals surface area (Å²) in [7, 11) is 2.36. The number of hydrogen-bond acceptors (Lipinski definition) is 0. The van der Waals surface area contributed by atoms with Gasteiger partial charge in [0.25, 0.3) is 0 Å². The predicted octanol–water partition coefficient (Wildman–Crippen LogP) is 3.22. The summed E-state index contributed by atoms with van der Waals surface area (Å²) in [6, 6.07) is 0. The first-order valence-corrected chi connectivity index (χ1v) is 5.63. The summed E-state index contributed by atoms with van der Waals surface area (Å²) >= 11 is 0. The lowest BCUT2D eigenvalue weighted by Crippen LogP contribution is -2.45. The van der Waals surface area contributed by atoms with Crippen molar-refractivity contribution in [3.8, 4) is 0 Å². The lowest BCUT2D eigenvalue weighted by Gasteiger charge is -2.33. The minimum Gasteiger partial charge on any atom is -0.326 e. The molecule has 0 heterocycles. The topological polar surface area (TPSA) is 0 Å². The fourth-order valence-electron chi connectivity index (χ4n) is 1.57. The van der Waals surface area contributed by atoms with Crippen LogP contribution < -0.4 is 0 Å². The molecular formula is C12H26N+. The van der Waals surface area contributed by atoms with Crippen LogP contribution in [0.5, 0.6) is 0 Å². The Balaban J connectivity index is 3.73. The van der Waals surface area contributed by atoms with Crippen molar-refractivity contribution in [3.05, 3.63) is 12.7 Å². The number of quaternary nitrogens is 1. The van der Waals surface area contributed by atoms with E-state index in [1.165, 1.54) is 43.4 Å². The van der Waals surface area contributed by atoms with Gasteiger partial charge in [0.15, 0.2) is 0 Å². The molecule has 0 bridgehead atoms. The van der Waals surface area contributed by atoms with Crippen LogP contribution in [0, 0.1) is 0 Å². The third-order valence-electron chi connectivity index (χ3n) is 2.94. The molecule has 0 rings (SSSR count). The van der Waals surface area contributed by atoms with Crippen molar-refractivity contribution in [2.75, 3.05) is 26.7 Å². The Morgan fingerprint density at radius 1 is 1.15 bits per heavy atom. The van der Waals surface area contributed by atoms with E-state index in [-0.39, 0.29) is 0 Å². The van der Waals surface area contributed by atoms with Crippen molar-refractivity contribution < 1.29 is 4.48 Å². The van der Waals surface area contributed by atoms with Gasteiger partial charge in [-0.15, -0.1) is 6.58 Å². The summed E-state index contributed by atoms with van der Waals surface area (Å²) in [6.45, 7) is 12.2. The third-order valence-corrected chi connectivity index (χ3v) is 2.94. The van der Waals surface area contributed by atoms with Crippen molar-refractivity contribution in [1.29, 1.82) is 0 Å². The molecule has 0 radical (unpaired) electrons. The van der Waals surface area contributed by atoms with Crippen LogP contribution in [-0.4, -0.2) is 31.2 Å². The lowest BCUT2D eigenvalue weighted by molar-refractivity contribution is -0.907. The molecular weight excluding hydrogens is 158 g/mol. The van der Waals surface area contributed by atoms with E-state index in [1.54, 1.807) is 0 Å². The molecule has 0 N–H and O–H groups in total. The summed E-state index contributed by atoms with van der Waals surface area (Å²) in [5, 5.41) is 0. The molecule has 0 spiro atoms. The second kappa shape index (κ2) is 7.14. The zero-order valence-electron chi connectivity index (χ0n) is 9.68. The number of unbranched alkanes of at least 4 members (excludes halogenated alkanes) is 2. The summed E-state index contributed by atoms with van der Waals surface area (Å²) < 4.78 is 1.21. The second-order valence-corrected chi connectivity index (χ2v) is 4.17. The quantitative estimate of drug-likeness (QED) is 0.309. The van der Waals surface area contributed by atoms with Gasteiger partial charge in [0.2, 0.25) is 0 Å². The predicted molar refractivity (Wildman–Crippen MR) is 60.8 cm³/mol. The average Bonchev–Trinajstić information content (AvgIpc) is 2.15. The number of rotatable bonds is 8. The van der Waals surface area contributed by atoms with E-state index in [1.807, 2.05) is 6.08 Å². The van der Waals surface area contributed by atoms with Gasteiger partial charge >= 0.3 is 0 Å². The molecule has 0 aliphatic rings. The first kappa shape index (κ1) is 12.7. The van der Waals surface area contributed by atoms with Gasteiger partial charge in [-0.25, -0.2) is 0 Å². The fraction of sp³-hybridized carbons (Fsp3) is 0.833. The van der Waals surface area contributed by atoms with Crippen LogP contribution >= 0.6 is 0 Å². The van der Waals surface area contributed by atoms with Crippen molar-refractivity contribution in [1.82, 2.24) is 0 Å². The molecule has 1 unspecified atom stereocenters. The Morgan fingerprint density at radius 2 is 1.85 bits per heavy atom. The highest BCUT2D eigenvalue weighted by Gasteiger charge is 2.16. The first-order chi connectivity index (χ1) is 6.18. The minimum atomic E-state index is 1.15. The van der Waals surface area contributed by atoms with Gasteiger partial charge in [-0.1, -0.05) is 19.4 Å². The number of hydrogen-bond donors (Lipinski definition) is 0. The van der Waals surface area contributed by atoms with Crippen LogP contribution in [0.1, 0.15) is 39.5 Å². The van der Waals surface area contributed by atoms with Gasteiger partial charge in [0.1, 0.15) is 0 Å². The van der Waals surface area contributed by atoms with E-state index in [0.29, 0.717) is 0 Å². The molecule has 1 nitrogen and oxygen atoms in total. The van der Waals surface area contributed by atoms with Crippen LogP contribution in [0.15, 0.2) is 12.7 Å². The number of nitrogens with zero attached hydrogens (tertiary/aromatic N) is 1. The van der Waals surface area contributed by atoms with Crippen molar-refractivity contribution >= 4 is 0 Å². The molecule has 0 aliphatic carbocycles. The van der Waals surface area contributed by atoms with Crippen molar-refractivity contribution in [3.63, 3.8) is 0 Å². The molecule has 0 aromatic heterocycles. The summed E-state index contributed by atoms with van der Waals surface area (Å²) in [4.78, 5) is 0. The maximum atomic E-state index is 3.78. The Hall–Kier alpha value is -0.300. The molecule has 0 aliphatic heterocycles. The lowest BCUT2D eigenvalue weighted by atomic mass is 10.2. The van der Waals surface area contributed by atoms with E-state index < -0.39 is 0 Å². The van der Waals surface area contributed by atoms with Gasteiger partial charge in [0, 0.05) is 6.42 Å². The normalized spacial score (nSPS) is 15.3. The third kappa shape index (κ3) is 5.87. The molecule has 0 saturated carbocycles. The highest BCUT2D eigenvalue weighted by atomic mass is 15.3. The monoisotopic (exact) mass is 184 g/mol. The zero-order chi connectivity index (χ0) is 10.2. The van der Waals surface area contributed by atoms with E-state index in [9.17, 15) is 0 Å². The van der Waals surface area contributed by atoms with E-state index in [2.05, 4.69) is 27.5 Å². The summed E-state index contributed by atoms with van der Waals surface area (Å²) in [6.07, 6.45) is 7.26. The molecule has 13 heavy (non-hydrogen) atoms. The van der Waals surface area contributed by atoms with Crippen LogP contribution in [0.4, 0.5) is 0 Å². The maximum Gasteiger partial charge on any atom is 0.0819 e. The molecule has 78 valence electrons. The Morgan fingerprint density at radius 3 is 2.31 bits per heavy atom. The van der Waals surface area contributed by atoms with Crippen molar-refractivity contribution in [2.45, 2.75) is 39.5 Å². The highest BCUT2D eigenvalue weighted by molar-refractivity contribution is 4.65. The average molecular weight is 184 g/mol. The molecule has 0 saturated heterocycles. The van der Waals surface area contributed by atoms with Crippen LogP contribution in [-0.2, 0) is 0 Å². The molecule has 0 aromatic carbocycles. The van der Waals surface area contributed by atoms with Crippen molar-refractivity contribution in [2.24, 2.45) is 0 Å². The zero-order valence-corrected chi connectivity index (χ0v) is 9.68. The smallest absolute Gasteiger partial charge is 0.0819 e. The molecule has 1 atom stereocenters. The molecule has 0 aromatic rings. The maximum absolute atomic E-state index is 3.78. The van der Waals surface area contributed by atoms with Gasteiger partial charge in [0.05, 0.1) is 26.7 Å². The second-order valence-electron chi connectivity index (χ2n) is 4.17. The molecule has 0 amide bonds. The van der Waals surface area contributed by atoms with Gasteiger partial charge in [-0.2, -0.15) is 0 Å². The first-order valence-electron chi connectivity index (χ1n) is 5.63. The Labute approximate surface area is 84.0 Å². The van der Waals surface area contributed by atoms with E-state index in [4.69, 9.17) is 0 Å². The Kier molecular flexibility index (Phi) is 6.97. The fourth-order valence-corrected chi connectivity index (χ4v) is 1.57. The summed E-state index contributed by atoms with van der Waals surface area (Å²) in [5.74, 6) is 0. The highest BCUT2D eigenvalue weighted by Crippen LogP contribution is 2.08. The van der Waals surface area contributed by atoms with Gasteiger partial charge in [-0.05, 0) is 19.8 Å². The minimum absolute atomic E-state index is 1.15.